The molecule has 2 aromatic heterocycles. The minimum Gasteiger partial charge on any atom is -0.440 e. The van der Waals surface area contributed by atoms with Crippen LogP contribution in [0.1, 0.15) is 25.3 Å². The maximum absolute atomic E-state index is 11.1. The number of carbonyl (C=O) groups is 1. The topological polar surface area (TPSA) is 72.4 Å². The molecule has 0 fully saturated rings. The predicted molar refractivity (Wildman–Crippen MR) is 79.3 cm³/mol. The summed E-state index contributed by atoms with van der Waals surface area (Å²) in [5, 5.41) is 1.99. The standard InChI is InChI=1S/C14H19N3O2S/c1-9(2)17(8-13(15)18)7-11-10(3)19-14(16-11)12-5-4-6-20-12/h4-6,9H,7-8H2,1-3H3,(H2,15,18). The molecular formula is C14H19N3O2S. The summed E-state index contributed by atoms with van der Waals surface area (Å²) in [6.07, 6.45) is 0. The molecule has 20 heavy (non-hydrogen) atoms. The lowest BCUT2D eigenvalue weighted by Gasteiger charge is -2.23. The fourth-order valence-corrected chi connectivity index (χ4v) is 2.54. The Morgan fingerprint density at radius 2 is 2.30 bits per heavy atom. The summed E-state index contributed by atoms with van der Waals surface area (Å²) >= 11 is 1.59. The maximum atomic E-state index is 11.1. The normalized spacial score (nSPS) is 11.4. The average Bonchev–Trinajstić information content (AvgIpc) is 2.98. The summed E-state index contributed by atoms with van der Waals surface area (Å²) in [5.74, 6) is 1.08. The molecule has 1 amide bonds. The number of thiophene rings is 1. The number of hydrogen-bond donors (Lipinski definition) is 1. The van der Waals surface area contributed by atoms with E-state index in [0.29, 0.717) is 12.4 Å². The van der Waals surface area contributed by atoms with Gasteiger partial charge >= 0.3 is 0 Å². The quantitative estimate of drug-likeness (QED) is 0.887. The van der Waals surface area contributed by atoms with Crippen LogP contribution in [0.3, 0.4) is 0 Å². The second kappa shape index (κ2) is 6.19. The van der Waals surface area contributed by atoms with Crippen molar-refractivity contribution in [3.8, 4) is 10.8 Å². The van der Waals surface area contributed by atoms with Gasteiger partial charge in [-0.15, -0.1) is 11.3 Å². The third-order valence-electron chi connectivity index (χ3n) is 3.07. The fourth-order valence-electron chi connectivity index (χ4n) is 1.89. The van der Waals surface area contributed by atoms with Gasteiger partial charge in [0.1, 0.15) is 5.76 Å². The first-order valence-corrected chi connectivity index (χ1v) is 7.38. The van der Waals surface area contributed by atoms with Crippen LogP contribution >= 0.6 is 11.3 Å². The van der Waals surface area contributed by atoms with E-state index in [0.717, 1.165) is 16.3 Å². The molecule has 2 aromatic rings. The van der Waals surface area contributed by atoms with Crippen LogP contribution in [0.4, 0.5) is 0 Å². The number of nitrogens with zero attached hydrogens (tertiary/aromatic N) is 2. The number of rotatable bonds is 6. The van der Waals surface area contributed by atoms with Crippen molar-refractivity contribution < 1.29 is 9.21 Å². The molecule has 2 heterocycles. The summed E-state index contributed by atoms with van der Waals surface area (Å²) in [7, 11) is 0. The molecule has 0 radical (unpaired) electrons. The highest BCUT2D eigenvalue weighted by atomic mass is 32.1. The summed E-state index contributed by atoms with van der Waals surface area (Å²) in [6.45, 7) is 6.72. The number of carbonyl (C=O) groups excluding carboxylic acids is 1. The van der Waals surface area contributed by atoms with Gasteiger partial charge < -0.3 is 10.2 Å². The van der Waals surface area contributed by atoms with E-state index in [9.17, 15) is 4.79 Å². The van der Waals surface area contributed by atoms with Crippen LogP contribution in [0, 0.1) is 6.92 Å². The minimum absolute atomic E-state index is 0.212. The van der Waals surface area contributed by atoms with E-state index in [4.69, 9.17) is 10.2 Å². The van der Waals surface area contributed by atoms with Gasteiger partial charge in [-0.2, -0.15) is 0 Å². The Hall–Kier alpha value is -1.66. The number of primary amides is 1. The Kier molecular flexibility index (Phi) is 4.57. The van der Waals surface area contributed by atoms with Gasteiger partial charge in [0.25, 0.3) is 0 Å². The fraction of sp³-hybridized carbons (Fsp3) is 0.429. The van der Waals surface area contributed by atoms with Crippen molar-refractivity contribution in [1.29, 1.82) is 0 Å². The predicted octanol–water partition coefficient (Wildman–Crippen LogP) is 2.41. The monoisotopic (exact) mass is 293 g/mol. The Balaban J connectivity index is 2.18. The van der Waals surface area contributed by atoms with E-state index in [2.05, 4.69) is 4.98 Å². The van der Waals surface area contributed by atoms with Gasteiger partial charge in [0.05, 0.1) is 17.1 Å². The molecule has 0 saturated carbocycles. The molecule has 0 aliphatic rings. The lowest BCUT2D eigenvalue weighted by molar-refractivity contribution is -0.119. The van der Waals surface area contributed by atoms with Gasteiger partial charge in [0.2, 0.25) is 11.8 Å². The van der Waals surface area contributed by atoms with Crippen LogP contribution in [-0.4, -0.2) is 28.4 Å². The molecule has 0 unspecified atom stereocenters. The van der Waals surface area contributed by atoms with Crippen molar-refractivity contribution in [3.05, 3.63) is 29.0 Å². The molecule has 0 aliphatic carbocycles. The van der Waals surface area contributed by atoms with Gasteiger partial charge in [0.15, 0.2) is 0 Å². The highest BCUT2D eigenvalue weighted by Gasteiger charge is 2.18. The molecule has 0 spiro atoms. The van der Waals surface area contributed by atoms with Gasteiger partial charge in [-0.05, 0) is 32.2 Å². The minimum atomic E-state index is -0.335. The zero-order chi connectivity index (χ0) is 14.7. The van der Waals surface area contributed by atoms with Crippen LogP contribution in [0.15, 0.2) is 21.9 Å². The number of aromatic nitrogens is 1. The van der Waals surface area contributed by atoms with Gasteiger partial charge in [0, 0.05) is 12.6 Å². The van der Waals surface area contributed by atoms with E-state index in [1.807, 2.05) is 43.2 Å². The van der Waals surface area contributed by atoms with Crippen molar-refractivity contribution in [1.82, 2.24) is 9.88 Å². The van der Waals surface area contributed by atoms with Crippen molar-refractivity contribution in [2.45, 2.75) is 33.4 Å². The molecule has 0 atom stereocenters. The van der Waals surface area contributed by atoms with Gasteiger partial charge in [-0.25, -0.2) is 4.98 Å². The van der Waals surface area contributed by atoms with E-state index in [-0.39, 0.29) is 18.5 Å². The average molecular weight is 293 g/mol. The first-order chi connectivity index (χ1) is 9.47. The maximum Gasteiger partial charge on any atom is 0.236 e. The SMILES string of the molecule is Cc1oc(-c2cccs2)nc1CN(CC(N)=O)C(C)C. The van der Waals surface area contributed by atoms with Crippen LogP contribution in [-0.2, 0) is 11.3 Å². The number of amides is 1. The summed E-state index contributed by atoms with van der Waals surface area (Å²) in [4.78, 5) is 18.6. The van der Waals surface area contributed by atoms with Crippen molar-refractivity contribution in [2.24, 2.45) is 5.73 Å². The van der Waals surface area contributed by atoms with Crippen LogP contribution in [0.25, 0.3) is 10.8 Å². The third kappa shape index (κ3) is 3.46. The zero-order valence-electron chi connectivity index (χ0n) is 11.9. The third-order valence-corrected chi connectivity index (χ3v) is 3.92. The molecule has 6 heteroatoms. The van der Waals surface area contributed by atoms with E-state index >= 15 is 0 Å². The highest BCUT2D eigenvalue weighted by Crippen LogP contribution is 2.26. The van der Waals surface area contributed by atoms with E-state index in [1.165, 1.54) is 0 Å². The molecule has 2 rings (SSSR count). The van der Waals surface area contributed by atoms with Gasteiger partial charge in [-0.1, -0.05) is 6.07 Å². The van der Waals surface area contributed by atoms with Crippen LogP contribution < -0.4 is 5.73 Å². The summed E-state index contributed by atoms with van der Waals surface area (Å²) in [5.41, 5.74) is 6.13. The number of oxazole rings is 1. The summed E-state index contributed by atoms with van der Waals surface area (Å²) < 4.78 is 5.70. The molecule has 0 bridgehead atoms. The van der Waals surface area contributed by atoms with E-state index in [1.54, 1.807) is 11.3 Å². The first kappa shape index (κ1) is 14.7. The molecule has 2 N–H and O–H groups in total. The number of nitrogens with two attached hydrogens (primary N) is 1. The summed E-state index contributed by atoms with van der Waals surface area (Å²) in [6, 6.07) is 4.15. The lowest BCUT2D eigenvalue weighted by atomic mass is 10.2. The van der Waals surface area contributed by atoms with Crippen molar-refractivity contribution >= 4 is 17.2 Å². The molecule has 108 valence electrons. The number of aryl methyl sites for hydroxylation is 1. The molecule has 0 aromatic carbocycles. The number of hydrogen-bond acceptors (Lipinski definition) is 5. The Labute approximate surface area is 122 Å². The largest absolute Gasteiger partial charge is 0.440 e. The molecule has 0 saturated heterocycles. The lowest BCUT2D eigenvalue weighted by Crippen LogP contribution is -2.38. The van der Waals surface area contributed by atoms with E-state index < -0.39 is 0 Å². The second-order valence-corrected chi connectivity index (χ2v) is 5.91. The van der Waals surface area contributed by atoms with Crippen LogP contribution in [0.5, 0.6) is 0 Å². The second-order valence-electron chi connectivity index (χ2n) is 4.96. The molecule has 5 nitrogen and oxygen atoms in total. The Morgan fingerprint density at radius 1 is 1.55 bits per heavy atom. The van der Waals surface area contributed by atoms with Crippen molar-refractivity contribution in [3.63, 3.8) is 0 Å². The Morgan fingerprint density at radius 3 is 2.85 bits per heavy atom. The van der Waals surface area contributed by atoms with Crippen LogP contribution in [0.2, 0.25) is 0 Å². The van der Waals surface area contributed by atoms with Gasteiger partial charge in [-0.3, -0.25) is 9.69 Å². The zero-order valence-corrected chi connectivity index (χ0v) is 12.7. The smallest absolute Gasteiger partial charge is 0.236 e. The highest BCUT2D eigenvalue weighted by molar-refractivity contribution is 7.13. The Bertz CT molecular complexity index is 575. The van der Waals surface area contributed by atoms with Crippen molar-refractivity contribution in [2.75, 3.05) is 6.54 Å². The molecule has 0 aliphatic heterocycles. The molecular weight excluding hydrogens is 274 g/mol. The first-order valence-electron chi connectivity index (χ1n) is 6.50.